The summed E-state index contributed by atoms with van der Waals surface area (Å²) in [6.07, 6.45) is 7.36. The van der Waals surface area contributed by atoms with Crippen molar-refractivity contribution < 1.29 is 4.79 Å². The Labute approximate surface area is 239 Å². The summed E-state index contributed by atoms with van der Waals surface area (Å²) in [5.74, 6) is 0.0604. The zero-order valence-corrected chi connectivity index (χ0v) is 23.0. The summed E-state index contributed by atoms with van der Waals surface area (Å²) < 4.78 is 0. The number of nitrogens with one attached hydrogen (secondary N) is 3. The molecule has 0 fully saturated rings. The first-order valence-electron chi connectivity index (χ1n) is 13.2. The zero-order chi connectivity index (χ0) is 27.8. The normalized spacial score (nSPS) is 11.4. The minimum atomic E-state index is 0.0604. The molecule has 8 nitrogen and oxygen atoms in total. The van der Waals surface area contributed by atoms with Gasteiger partial charge < -0.3 is 10.3 Å². The number of Topliss-reactive ketones (excluding diaryl/α,β-unsaturated/α-hetero) is 1. The van der Waals surface area contributed by atoms with Gasteiger partial charge in [0.05, 0.1) is 33.5 Å². The van der Waals surface area contributed by atoms with Crippen LogP contribution in [0.4, 0.5) is 0 Å². The number of benzene rings is 1. The summed E-state index contributed by atoms with van der Waals surface area (Å²) in [6.45, 7) is 3.08. The third kappa shape index (κ3) is 4.93. The number of fused-ring (bicyclic) bond motifs is 2. The van der Waals surface area contributed by atoms with Crippen LogP contribution in [0.2, 0.25) is 0 Å². The fourth-order valence-corrected chi connectivity index (χ4v) is 5.89. The second kappa shape index (κ2) is 10.5. The largest absolute Gasteiger partial charge is 0.352 e. The molecule has 0 spiro atoms. The van der Waals surface area contributed by atoms with Crippen molar-refractivity contribution in [1.82, 2.24) is 35.5 Å². The van der Waals surface area contributed by atoms with Crippen LogP contribution in [0.1, 0.15) is 27.7 Å². The van der Waals surface area contributed by atoms with Crippen molar-refractivity contribution in [3.05, 3.63) is 108 Å². The zero-order valence-electron chi connectivity index (χ0n) is 22.2. The van der Waals surface area contributed by atoms with E-state index < -0.39 is 0 Å². The Morgan fingerprint density at radius 3 is 2.59 bits per heavy atom. The summed E-state index contributed by atoms with van der Waals surface area (Å²) >= 11 is 1.47. The van der Waals surface area contributed by atoms with Crippen molar-refractivity contribution in [3.8, 4) is 33.1 Å². The third-order valence-electron chi connectivity index (χ3n) is 7.02. The van der Waals surface area contributed by atoms with Crippen LogP contribution in [0, 0.1) is 0 Å². The first-order chi connectivity index (χ1) is 20.1. The first kappa shape index (κ1) is 25.0. The van der Waals surface area contributed by atoms with Gasteiger partial charge in [-0.1, -0.05) is 30.3 Å². The van der Waals surface area contributed by atoms with Crippen molar-refractivity contribution in [1.29, 1.82) is 0 Å². The van der Waals surface area contributed by atoms with Gasteiger partial charge in [-0.05, 0) is 54.4 Å². The number of hydrogen-bond acceptors (Lipinski definition) is 7. The smallest absolute Gasteiger partial charge is 0.169 e. The Balaban J connectivity index is 1.19. The van der Waals surface area contributed by atoms with E-state index in [4.69, 9.17) is 4.98 Å². The molecule has 3 N–H and O–H groups in total. The van der Waals surface area contributed by atoms with E-state index in [9.17, 15) is 4.79 Å². The molecule has 0 aliphatic carbocycles. The minimum absolute atomic E-state index is 0.0604. The lowest BCUT2D eigenvalue weighted by atomic mass is 10.1. The molecule has 7 aromatic rings. The highest BCUT2D eigenvalue weighted by molar-refractivity contribution is 7.17. The van der Waals surface area contributed by atoms with Gasteiger partial charge in [0.1, 0.15) is 11.2 Å². The molecule has 9 heteroatoms. The monoisotopic (exact) mass is 555 g/mol. The molecular weight excluding hydrogens is 530 g/mol. The van der Waals surface area contributed by atoms with Crippen LogP contribution in [0.5, 0.6) is 0 Å². The van der Waals surface area contributed by atoms with Crippen molar-refractivity contribution in [2.45, 2.75) is 20.0 Å². The minimum Gasteiger partial charge on any atom is -0.352 e. The predicted octanol–water partition coefficient (Wildman–Crippen LogP) is 6.78. The van der Waals surface area contributed by atoms with E-state index in [0.29, 0.717) is 6.54 Å². The number of pyridine rings is 3. The molecule has 0 unspecified atom stereocenters. The Bertz CT molecular complexity index is 2020. The highest BCUT2D eigenvalue weighted by Crippen LogP contribution is 2.36. The van der Waals surface area contributed by atoms with Gasteiger partial charge in [-0.2, -0.15) is 5.10 Å². The summed E-state index contributed by atoms with van der Waals surface area (Å²) in [6, 6.07) is 22.4. The van der Waals surface area contributed by atoms with Crippen molar-refractivity contribution in [2.24, 2.45) is 0 Å². The number of rotatable bonds is 8. The molecule has 7 rings (SSSR count). The van der Waals surface area contributed by atoms with E-state index in [0.717, 1.165) is 72.0 Å². The van der Waals surface area contributed by atoms with Gasteiger partial charge in [-0.3, -0.25) is 19.9 Å². The van der Waals surface area contributed by atoms with Gasteiger partial charge in [0, 0.05) is 53.1 Å². The van der Waals surface area contributed by atoms with E-state index in [2.05, 4.69) is 54.7 Å². The SMILES string of the molecule is CC(=O)c1ccc(-c2cncc3[nH]c(-c4n[nH]c5ccc(-c6cncc(CNCc7ccccc7)c6)nc45)cc23)s1. The van der Waals surface area contributed by atoms with Crippen LogP contribution >= 0.6 is 11.3 Å². The molecule has 200 valence electrons. The van der Waals surface area contributed by atoms with Gasteiger partial charge in [0.2, 0.25) is 0 Å². The van der Waals surface area contributed by atoms with Crippen molar-refractivity contribution in [2.75, 3.05) is 0 Å². The molecule has 41 heavy (non-hydrogen) atoms. The molecule has 0 saturated carbocycles. The molecule has 6 aromatic heterocycles. The highest BCUT2D eigenvalue weighted by atomic mass is 32.1. The maximum atomic E-state index is 11.8. The number of nitrogens with zero attached hydrogens (tertiary/aromatic N) is 4. The van der Waals surface area contributed by atoms with Gasteiger partial charge in [0.15, 0.2) is 5.78 Å². The molecule has 0 bridgehead atoms. The first-order valence-corrected chi connectivity index (χ1v) is 14.1. The number of thiophene rings is 1. The van der Waals surface area contributed by atoms with Crippen molar-refractivity contribution in [3.63, 3.8) is 0 Å². The van der Waals surface area contributed by atoms with Crippen LogP contribution in [0.25, 0.3) is 55.0 Å². The summed E-state index contributed by atoms with van der Waals surface area (Å²) in [7, 11) is 0. The number of carbonyl (C=O) groups is 1. The molecule has 0 saturated heterocycles. The average Bonchev–Trinajstić information content (AvgIpc) is 3.76. The molecule has 1 aromatic carbocycles. The van der Waals surface area contributed by atoms with E-state index in [1.54, 1.807) is 13.1 Å². The quantitative estimate of drug-likeness (QED) is 0.178. The van der Waals surface area contributed by atoms with Crippen LogP contribution < -0.4 is 5.32 Å². The summed E-state index contributed by atoms with van der Waals surface area (Å²) in [4.78, 5) is 31.0. The standard InChI is InChI=1S/C32H25N7OS/c1-19(40)29-9-10-30(41-29)24-17-35-18-28-23(24)12-27(36-28)32-31-26(38-39-32)8-7-25(37-31)22-11-21(15-34-16-22)14-33-13-20-5-3-2-4-6-20/h2-12,15-18,33,36H,13-14H2,1H3,(H,38,39). The number of aromatic amines is 2. The maximum Gasteiger partial charge on any atom is 0.169 e. The highest BCUT2D eigenvalue weighted by Gasteiger charge is 2.17. The number of ketones is 1. The van der Waals surface area contributed by atoms with Crippen molar-refractivity contribution >= 4 is 39.1 Å². The van der Waals surface area contributed by atoms with E-state index in [-0.39, 0.29) is 5.78 Å². The van der Waals surface area contributed by atoms with Gasteiger partial charge in [0.25, 0.3) is 0 Å². The topological polar surface area (TPSA) is 112 Å². The maximum absolute atomic E-state index is 11.8. The fraction of sp³-hybridized carbons (Fsp3) is 0.0938. The average molecular weight is 556 g/mol. The number of hydrogen-bond donors (Lipinski definition) is 3. The molecule has 0 aliphatic rings. The van der Waals surface area contributed by atoms with Gasteiger partial charge >= 0.3 is 0 Å². The Hall–Kier alpha value is -4.99. The number of aromatic nitrogens is 6. The van der Waals surface area contributed by atoms with Crippen LogP contribution in [-0.2, 0) is 13.1 Å². The Morgan fingerprint density at radius 2 is 1.73 bits per heavy atom. The predicted molar refractivity (Wildman–Crippen MR) is 163 cm³/mol. The molecule has 6 heterocycles. The third-order valence-corrected chi connectivity index (χ3v) is 8.24. The van der Waals surface area contributed by atoms with Crippen LogP contribution in [0.3, 0.4) is 0 Å². The fourth-order valence-electron chi connectivity index (χ4n) is 4.97. The second-order valence-corrected chi connectivity index (χ2v) is 11.0. The Morgan fingerprint density at radius 1 is 0.878 bits per heavy atom. The molecule has 0 radical (unpaired) electrons. The summed E-state index contributed by atoms with van der Waals surface area (Å²) in [5, 5.41) is 12.2. The lowest BCUT2D eigenvalue weighted by Gasteiger charge is -2.07. The number of carbonyl (C=O) groups excluding carboxylic acids is 1. The molecule has 0 aliphatic heterocycles. The lowest BCUT2D eigenvalue weighted by Crippen LogP contribution is -2.12. The Kier molecular flexibility index (Phi) is 6.42. The van der Waals surface area contributed by atoms with E-state index in [1.807, 2.05) is 61.1 Å². The molecule has 0 amide bonds. The summed E-state index contributed by atoms with van der Waals surface area (Å²) in [5.41, 5.74) is 9.15. The van der Waals surface area contributed by atoms with Crippen LogP contribution in [0.15, 0.2) is 91.5 Å². The van der Waals surface area contributed by atoms with E-state index in [1.165, 1.54) is 16.9 Å². The number of H-pyrrole nitrogens is 2. The van der Waals surface area contributed by atoms with Crippen LogP contribution in [-0.4, -0.2) is 35.9 Å². The van der Waals surface area contributed by atoms with Gasteiger partial charge in [-0.15, -0.1) is 11.3 Å². The van der Waals surface area contributed by atoms with Gasteiger partial charge in [-0.25, -0.2) is 4.98 Å². The second-order valence-electron chi connectivity index (χ2n) is 9.89. The van der Waals surface area contributed by atoms with E-state index >= 15 is 0 Å². The molecule has 0 atom stereocenters. The lowest BCUT2D eigenvalue weighted by molar-refractivity contribution is 0.102. The molecular formula is C32H25N7OS.